The van der Waals surface area contributed by atoms with E-state index in [1.165, 1.54) is 35.9 Å². The summed E-state index contributed by atoms with van der Waals surface area (Å²) in [4.78, 5) is 41.5. The molecule has 0 aliphatic heterocycles. The zero-order chi connectivity index (χ0) is 24.9. The normalized spacial score (nSPS) is 11.8. The Balaban J connectivity index is 2.45. The maximum Gasteiger partial charge on any atom is 0.330 e. The van der Waals surface area contributed by atoms with E-state index in [0.717, 1.165) is 15.6 Å². The molecule has 0 saturated carbocycles. The van der Waals surface area contributed by atoms with Gasteiger partial charge in [0.1, 0.15) is 5.82 Å². The molecule has 0 fully saturated rings. The Morgan fingerprint density at radius 2 is 1.82 bits per heavy atom. The lowest BCUT2D eigenvalue weighted by Gasteiger charge is -2.28. The van der Waals surface area contributed by atoms with Crippen molar-refractivity contribution >= 4 is 39.0 Å². The summed E-state index contributed by atoms with van der Waals surface area (Å²) < 4.78 is 27.9. The molecule has 0 atom stereocenters. The summed E-state index contributed by atoms with van der Waals surface area (Å²) in [5.41, 5.74) is 4.54. The van der Waals surface area contributed by atoms with Crippen LogP contribution in [-0.2, 0) is 21.4 Å². The van der Waals surface area contributed by atoms with Crippen LogP contribution in [0.15, 0.2) is 38.8 Å². The van der Waals surface area contributed by atoms with Crippen LogP contribution in [0.3, 0.4) is 0 Å². The number of hydrogen-bond acceptors (Lipinski definition) is 6. The van der Waals surface area contributed by atoms with Crippen LogP contribution >= 0.6 is 11.6 Å². The van der Waals surface area contributed by atoms with Gasteiger partial charge in [0.05, 0.1) is 11.4 Å². The third kappa shape index (κ3) is 6.24. The zero-order valence-electron chi connectivity index (χ0n) is 19.2. The molecule has 0 aliphatic carbocycles. The van der Waals surface area contributed by atoms with Gasteiger partial charge < -0.3 is 10.6 Å². The lowest BCUT2D eigenvalue weighted by atomic mass is 10.2. The minimum Gasteiger partial charge on any atom is -0.383 e. The van der Waals surface area contributed by atoms with Crippen molar-refractivity contribution in [2.75, 3.05) is 30.8 Å². The lowest BCUT2D eigenvalue weighted by molar-refractivity contribution is -0.118. The fraction of sp³-hybridized carbons (Fsp3) is 0.476. The molecule has 0 radical (unpaired) electrons. The van der Waals surface area contributed by atoms with Crippen LogP contribution in [0.1, 0.15) is 33.6 Å². The van der Waals surface area contributed by atoms with Crippen molar-refractivity contribution in [3.8, 4) is 0 Å². The number of H-pyrrole nitrogens is 1. The second-order valence-electron chi connectivity index (χ2n) is 8.11. The fourth-order valence-corrected chi connectivity index (χ4v) is 4.45. The number of hydrogen-bond donors (Lipinski definition) is 2. The van der Waals surface area contributed by atoms with Gasteiger partial charge in [0.2, 0.25) is 15.9 Å². The molecule has 0 saturated heterocycles. The molecule has 12 heteroatoms. The van der Waals surface area contributed by atoms with Crippen LogP contribution in [-0.4, -0.2) is 48.3 Å². The molecule has 10 nitrogen and oxygen atoms in total. The Bertz CT molecular complexity index is 1210. The number of aromatic amines is 1. The SMILES string of the molecule is CCCCn1c(N)c(N(CC(C)C)C(=O)CN(C)S(=O)(=O)c2ccc(Cl)cc2)c(=O)[nH]c1=O. The first-order valence-electron chi connectivity index (χ1n) is 10.5. The molecule has 0 unspecified atom stereocenters. The minimum absolute atomic E-state index is 0.0249. The summed E-state index contributed by atoms with van der Waals surface area (Å²) in [6, 6.07) is 5.57. The monoisotopic (exact) mass is 499 g/mol. The number of sulfonamides is 1. The van der Waals surface area contributed by atoms with Crippen LogP contribution in [0, 0.1) is 5.92 Å². The number of nitrogens with two attached hydrogens (primary N) is 1. The number of halogens is 1. The minimum atomic E-state index is -3.99. The third-order valence-electron chi connectivity index (χ3n) is 4.95. The number of carbonyl (C=O) groups excluding carboxylic acids is 1. The number of likely N-dealkylation sites (N-methyl/N-ethyl adjacent to an activating group) is 1. The van der Waals surface area contributed by atoms with Gasteiger partial charge >= 0.3 is 5.69 Å². The first-order chi connectivity index (χ1) is 15.4. The largest absolute Gasteiger partial charge is 0.383 e. The molecule has 0 spiro atoms. The van der Waals surface area contributed by atoms with Gasteiger partial charge in [-0.25, -0.2) is 13.2 Å². The van der Waals surface area contributed by atoms with Crippen LogP contribution < -0.4 is 21.9 Å². The smallest absolute Gasteiger partial charge is 0.330 e. The summed E-state index contributed by atoms with van der Waals surface area (Å²) in [5.74, 6) is -0.849. The highest BCUT2D eigenvalue weighted by Gasteiger charge is 2.29. The average molecular weight is 500 g/mol. The molecular formula is C21H30ClN5O5S. The summed E-state index contributed by atoms with van der Waals surface area (Å²) in [6.45, 7) is 5.47. The molecule has 2 rings (SSSR count). The van der Waals surface area contributed by atoms with Gasteiger partial charge in [0.25, 0.3) is 5.56 Å². The molecule has 33 heavy (non-hydrogen) atoms. The quantitative estimate of drug-likeness (QED) is 0.511. The van der Waals surface area contributed by atoms with Crippen molar-refractivity contribution in [2.24, 2.45) is 5.92 Å². The first-order valence-corrected chi connectivity index (χ1v) is 12.4. The van der Waals surface area contributed by atoms with E-state index >= 15 is 0 Å². The Morgan fingerprint density at radius 1 is 1.21 bits per heavy atom. The first kappa shape index (κ1) is 26.6. The van der Waals surface area contributed by atoms with Crippen molar-refractivity contribution < 1.29 is 13.2 Å². The third-order valence-corrected chi connectivity index (χ3v) is 7.02. The number of nitrogens with one attached hydrogen (secondary N) is 1. The maximum atomic E-state index is 13.2. The van der Waals surface area contributed by atoms with Crippen molar-refractivity contribution in [3.05, 3.63) is 50.1 Å². The lowest BCUT2D eigenvalue weighted by Crippen LogP contribution is -2.46. The molecule has 2 aromatic rings. The van der Waals surface area contributed by atoms with E-state index in [1.807, 2.05) is 20.8 Å². The molecule has 0 aliphatic rings. The number of benzene rings is 1. The summed E-state index contributed by atoms with van der Waals surface area (Å²) in [6.07, 6.45) is 1.44. The van der Waals surface area contributed by atoms with E-state index in [-0.39, 0.29) is 35.4 Å². The molecule has 0 bridgehead atoms. The van der Waals surface area contributed by atoms with Crippen molar-refractivity contribution in [3.63, 3.8) is 0 Å². The fourth-order valence-electron chi connectivity index (χ4n) is 3.21. The van der Waals surface area contributed by atoms with E-state index in [0.29, 0.717) is 11.4 Å². The Hall–Kier alpha value is -2.63. The van der Waals surface area contributed by atoms with Gasteiger partial charge in [-0.3, -0.25) is 19.1 Å². The molecule has 182 valence electrons. The summed E-state index contributed by atoms with van der Waals surface area (Å²) >= 11 is 5.83. The van der Waals surface area contributed by atoms with Crippen molar-refractivity contribution in [1.82, 2.24) is 13.9 Å². The van der Waals surface area contributed by atoms with Gasteiger partial charge in [0.15, 0.2) is 5.69 Å². The topological polar surface area (TPSA) is 139 Å². The molecule has 1 aromatic heterocycles. The number of nitrogen functional groups attached to an aromatic ring is 1. The number of rotatable bonds is 10. The number of amides is 1. The van der Waals surface area contributed by atoms with Crippen molar-refractivity contribution in [2.45, 2.75) is 45.1 Å². The highest BCUT2D eigenvalue weighted by atomic mass is 35.5. The van der Waals surface area contributed by atoms with Gasteiger partial charge in [0, 0.05) is 25.2 Å². The zero-order valence-corrected chi connectivity index (χ0v) is 20.7. The highest BCUT2D eigenvalue weighted by molar-refractivity contribution is 7.89. The number of anilines is 2. The highest BCUT2D eigenvalue weighted by Crippen LogP contribution is 2.21. The van der Waals surface area contributed by atoms with E-state index in [2.05, 4.69) is 4.98 Å². The van der Waals surface area contributed by atoms with Crippen LogP contribution in [0.25, 0.3) is 0 Å². The number of carbonyl (C=O) groups is 1. The van der Waals surface area contributed by atoms with Gasteiger partial charge in [-0.05, 0) is 36.6 Å². The standard InChI is InChI=1S/C21H30ClN5O5S/c1-5-6-11-26-19(23)18(20(29)24-21(26)30)27(12-14(2)3)17(28)13-25(4)33(31,32)16-9-7-15(22)8-10-16/h7-10,14H,5-6,11-13,23H2,1-4H3,(H,24,29,30). The average Bonchev–Trinajstić information content (AvgIpc) is 2.72. The van der Waals surface area contributed by atoms with Crippen LogP contribution in [0.4, 0.5) is 11.5 Å². The van der Waals surface area contributed by atoms with E-state index in [4.69, 9.17) is 17.3 Å². The van der Waals surface area contributed by atoms with Gasteiger partial charge in [-0.15, -0.1) is 0 Å². The van der Waals surface area contributed by atoms with E-state index in [9.17, 15) is 22.8 Å². The molecular weight excluding hydrogens is 470 g/mol. The van der Waals surface area contributed by atoms with Crippen LogP contribution in [0.5, 0.6) is 0 Å². The molecule has 1 aromatic carbocycles. The second-order valence-corrected chi connectivity index (χ2v) is 10.6. The Morgan fingerprint density at radius 3 is 2.36 bits per heavy atom. The second kappa shape index (κ2) is 11.0. The number of unbranched alkanes of at least 4 members (excludes halogenated alkanes) is 1. The molecule has 1 heterocycles. The summed E-state index contributed by atoms with van der Waals surface area (Å²) in [7, 11) is -2.72. The van der Waals surface area contributed by atoms with Crippen molar-refractivity contribution in [1.29, 1.82) is 0 Å². The molecule has 3 N–H and O–H groups in total. The predicted octanol–water partition coefficient (Wildman–Crippen LogP) is 1.88. The van der Waals surface area contributed by atoms with Gasteiger partial charge in [-0.2, -0.15) is 4.31 Å². The predicted molar refractivity (Wildman–Crippen MR) is 129 cm³/mol. The molecule has 1 amide bonds. The number of aromatic nitrogens is 2. The Kier molecular flexibility index (Phi) is 8.87. The Labute approximate surface area is 198 Å². The van der Waals surface area contributed by atoms with Crippen LogP contribution in [0.2, 0.25) is 5.02 Å². The van der Waals surface area contributed by atoms with E-state index in [1.54, 1.807) is 0 Å². The van der Waals surface area contributed by atoms with E-state index < -0.39 is 33.7 Å². The van der Waals surface area contributed by atoms with Gasteiger partial charge in [-0.1, -0.05) is 38.8 Å². The number of nitrogens with zero attached hydrogens (tertiary/aromatic N) is 3. The maximum absolute atomic E-state index is 13.2. The summed E-state index contributed by atoms with van der Waals surface area (Å²) in [5, 5.41) is 0.378.